The van der Waals surface area contributed by atoms with Gasteiger partial charge in [0.05, 0.1) is 17.7 Å². The molecule has 36 heavy (non-hydrogen) atoms. The van der Waals surface area contributed by atoms with Crippen LogP contribution in [0.2, 0.25) is 0 Å². The third-order valence-corrected chi connectivity index (χ3v) is 7.47. The highest BCUT2D eigenvalue weighted by Crippen LogP contribution is 2.54. The van der Waals surface area contributed by atoms with Gasteiger partial charge in [0.1, 0.15) is 17.4 Å². The van der Waals surface area contributed by atoms with Crippen LogP contribution >= 0.6 is 0 Å². The lowest BCUT2D eigenvalue weighted by molar-refractivity contribution is -0.164. The Bertz CT molecular complexity index is 1350. The van der Waals surface area contributed by atoms with E-state index in [-0.39, 0.29) is 23.7 Å². The summed E-state index contributed by atoms with van der Waals surface area (Å²) in [7, 11) is 1.28. The first-order valence-corrected chi connectivity index (χ1v) is 11.6. The SMILES string of the molecule is CNC(=O)C1(NC(=O)C(=O)c2c(C)c(CNc3ccc(F)c(C#N)c3)n3c2C[C@H]2C[C@H]23)CC(F)(F)C1. The maximum Gasteiger partial charge on any atom is 0.293 e. The van der Waals surface area contributed by atoms with Crippen LogP contribution in [-0.2, 0) is 22.6 Å². The second-order valence-electron chi connectivity index (χ2n) is 9.84. The number of ketones is 1. The molecule has 2 saturated carbocycles. The lowest BCUT2D eigenvalue weighted by Crippen LogP contribution is -2.69. The first kappa shape index (κ1) is 23.9. The molecule has 1 aromatic heterocycles. The number of hydrogen-bond acceptors (Lipinski definition) is 5. The molecule has 2 fully saturated rings. The molecule has 0 spiro atoms. The number of nitrogens with one attached hydrogen (secondary N) is 3. The smallest absolute Gasteiger partial charge is 0.293 e. The number of anilines is 1. The summed E-state index contributed by atoms with van der Waals surface area (Å²) in [5, 5.41) is 16.8. The number of rotatable bonds is 7. The second kappa shape index (κ2) is 8.11. The second-order valence-corrected chi connectivity index (χ2v) is 9.84. The average molecular weight is 499 g/mol. The van der Waals surface area contributed by atoms with Gasteiger partial charge in [-0.25, -0.2) is 13.2 Å². The highest BCUT2D eigenvalue weighted by molar-refractivity contribution is 6.44. The Morgan fingerprint density at radius 2 is 1.97 bits per heavy atom. The predicted octanol–water partition coefficient (Wildman–Crippen LogP) is 2.75. The molecule has 0 saturated heterocycles. The summed E-state index contributed by atoms with van der Waals surface area (Å²) in [5.74, 6) is -6.08. The minimum atomic E-state index is -3.10. The molecule has 2 atom stereocenters. The summed E-state index contributed by atoms with van der Waals surface area (Å²) in [4.78, 5) is 38.5. The third-order valence-electron chi connectivity index (χ3n) is 7.47. The van der Waals surface area contributed by atoms with Crippen molar-refractivity contribution >= 4 is 23.3 Å². The van der Waals surface area contributed by atoms with Crippen molar-refractivity contribution in [1.82, 2.24) is 15.2 Å². The van der Waals surface area contributed by atoms with Gasteiger partial charge in [-0.15, -0.1) is 0 Å². The number of nitriles is 1. The molecule has 2 amide bonds. The van der Waals surface area contributed by atoms with Crippen molar-refractivity contribution < 1.29 is 27.6 Å². The molecule has 0 bridgehead atoms. The molecule has 3 N–H and O–H groups in total. The number of nitrogens with zero attached hydrogens (tertiary/aromatic N) is 2. The van der Waals surface area contributed by atoms with Gasteiger partial charge in [-0.2, -0.15) is 5.26 Å². The first-order valence-electron chi connectivity index (χ1n) is 11.6. The van der Waals surface area contributed by atoms with Gasteiger partial charge in [0.25, 0.3) is 17.6 Å². The van der Waals surface area contributed by atoms with Crippen molar-refractivity contribution in [2.75, 3.05) is 12.4 Å². The summed E-state index contributed by atoms with van der Waals surface area (Å²) < 4.78 is 43.0. The van der Waals surface area contributed by atoms with Gasteiger partial charge < -0.3 is 20.5 Å². The molecule has 5 rings (SSSR count). The molecule has 2 heterocycles. The molecule has 11 heteroatoms. The molecular weight excluding hydrogens is 475 g/mol. The van der Waals surface area contributed by atoms with Crippen LogP contribution in [-0.4, -0.2) is 40.7 Å². The fourth-order valence-electron chi connectivity index (χ4n) is 5.63. The van der Waals surface area contributed by atoms with Gasteiger partial charge in [0.15, 0.2) is 0 Å². The number of carbonyl (C=O) groups excluding carboxylic acids is 3. The van der Waals surface area contributed by atoms with Crippen molar-refractivity contribution in [3.63, 3.8) is 0 Å². The number of hydrogen-bond donors (Lipinski definition) is 3. The standard InChI is InChI=1S/C25H24F3N5O3/c1-12-19(9-31-15-3-4-16(26)14(5-15)8-29)33-17-6-13(17)7-18(33)20(12)21(34)22(35)32-24(23(36)30-2)10-25(27,28)11-24/h3-5,13,17,31H,6-7,9-11H2,1-2H3,(H,30,36)(H,32,35)/t13-,17-/m1/s1. The maximum absolute atomic E-state index is 13.7. The molecule has 0 unspecified atom stereocenters. The Hall–Kier alpha value is -3.81. The summed E-state index contributed by atoms with van der Waals surface area (Å²) in [6.07, 6.45) is -0.161. The van der Waals surface area contributed by atoms with E-state index in [0.717, 1.165) is 17.8 Å². The zero-order chi connectivity index (χ0) is 26.0. The Morgan fingerprint density at radius 3 is 2.61 bits per heavy atom. The van der Waals surface area contributed by atoms with Crippen LogP contribution in [0.25, 0.3) is 0 Å². The van der Waals surface area contributed by atoms with Crippen LogP contribution in [0, 0.1) is 30.0 Å². The van der Waals surface area contributed by atoms with Crippen molar-refractivity contribution in [2.24, 2.45) is 5.92 Å². The topological polar surface area (TPSA) is 116 Å². The zero-order valence-corrected chi connectivity index (χ0v) is 19.7. The van der Waals surface area contributed by atoms with Gasteiger partial charge in [-0.05, 0) is 49.4 Å². The van der Waals surface area contributed by atoms with Crippen molar-refractivity contribution in [3.8, 4) is 6.07 Å². The molecule has 2 aliphatic carbocycles. The lowest BCUT2D eigenvalue weighted by atomic mass is 9.72. The van der Waals surface area contributed by atoms with Crippen molar-refractivity contribution in [3.05, 3.63) is 52.1 Å². The number of likely N-dealkylation sites (N-methyl/N-ethyl adjacent to an activating group) is 1. The predicted molar refractivity (Wildman–Crippen MR) is 122 cm³/mol. The number of amides is 2. The highest BCUT2D eigenvalue weighted by atomic mass is 19.3. The number of halogens is 3. The molecule has 0 radical (unpaired) electrons. The zero-order valence-electron chi connectivity index (χ0n) is 19.7. The minimum absolute atomic E-state index is 0.0986. The third kappa shape index (κ3) is 3.72. The van der Waals surface area contributed by atoms with Crippen LogP contribution in [0.5, 0.6) is 0 Å². The van der Waals surface area contributed by atoms with E-state index in [9.17, 15) is 27.6 Å². The van der Waals surface area contributed by atoms with Gasteiger partial charge in [0, 0.05) is 43.0 Å². The quantitative estimate of drug-likeness (QED) is 0.400. The van der Waals surface area contributed by atoms with Crippen molar-refractivity contribution in [2.45, 2.75) is 56.7 Å². The van der Waals surface area contributed by atoms with Crippen molar-refractivity contribution in [1.29, 1.82) is 5.26 Å². The fourth-order valence-corrected chi connectivity index (χ4v) is 5.63. The van der Waals surface area contributed by atoms with E-state index in [1.165, 1.54) is 25.2 Å². The summed E-state index contributed by atoms with van der Waals surface area (Å²) in [6, 6.07) is 6.10. The van der Waals surface area contributed by atoms with Crippen LogP contribution in [0.3, 0.4) is 0 Å². The molecule has 8 nitrogen and oxygen atoms in total. The van der Waals surface area contributed by atoms with Crippen LogP contribution in [0.15, 0.2) is 18.2 Å². The highest BCUT2D eigenvalue weighted by Gasteiger charge is 2.62. The van der Waals surface area contributed by atoms with Crippen LogP contribution in [0.4, 0.5) is 18.9 Å². The van der Waals surface area contributed by atoms with Gasteiger partial charge >= 0.3 is 0 Å². The number of alkyl halides is 2. The van der Waals surface area contributed by atoms with E-state index in [2.05, 4.69) is 16.0 Å². The fraction of sp³-hybridized carbons (Fsp3) is 0.440. The van der Waals surface area contributed by atoms with Crippen LogP contribution < -0.4 is 16.0 Å². The number of fused-ring (bicyclic) bond motifs is 3. The number of Topliss-reactive ketones (excluding diaryl/α,β-unsaturated/α-hetero) is 1. The maximum atomic E-state index is 13.7. The monoisotopic (exact) mass is 499 g/mol. The van der Waals surface area contributed by atoms with E-state index in [4.69, 9.17) is 5.26 Å². The number of carbonyl (C=O) groups is 3. The van der Waals surface area contributed by atoms with Gasteiger partial charge in [-0.3, -0.25) is 14.4 Å². The molecule has 1 aromatic carbocycles. The normalized spacial score (nSPS) is 21.9. The Balaban J connectivity index is 1.41. The Morgan fingerprint density at radius 1 is 1.25 bits per heavy atom. The van der Waals surface area contributed by atoms with E-state index >= 15 is 0 Å². The minimum Gasteiger partial charge on any atom is -0.379 e. The number of benzene rings is 1. The van der Waals surface area contributed by atoms with Gasteiger partial charge in [0.2, 0.25) is 5.91 Å². The average Bonchev–Trinajstić information content (AvgIpc) is 3.40. The summed E-state index contributed by atoms with van der Waals surface area (Å²) in [6.45, 7) is 1.99. The molecule has 2 aromatic rings. The molecule has 3 aliphatic rings. The number of aromatic nitrogens is 1. The molecular formula is C25H24F3N5O3. The summed E-state index contributed by atoms with van der Waals surface area (Å²) >= 11 is 0. The van der Waals surface area contributed by atoms with E-state index < -0.39 is 47.7 Å². The lowest BCUT2D eigenvalue weighted by Gasteiger charge is -2.45. The largest absolute Gasteiger partial charge is 0.379 e. The molecule has 188 valence electrons. The van der Waals surface area contributed by atoms with Crippen LogP contribution in [0.1, 0.15) is 58.2 Å². The Kier molecular flexibility index (Phi) is 5.39. The van der Waals surface area contributed by atoms with E-state index in [1.54, 1.807) is 13.0 Å². The van der Waals surface area contributed by atoms with E-state index in [1.807, 2.05) is 4.57 Å². The Labute approximate surface area is 204 Å². The summed E-state index contributed by atoms with van der Waals surface area (Å²) in [5.41, 5.74) is 0.913. The first-order chi connectivity index (χ1) is 17.0. The van der Waals surface area contributed by atoms with Gasteiger partial charge in [-0.1, -0.05) is 0 Å². The molecule has 1 aliphatic heterocycles. The van der Waals surface area contributed by atoms with E-state index in [0.29, 0.717) is 23.6 Å².